The number of fused-ring (bicyclic) bond motifs is 3. The molecule has 0 atom stereocenters. The Balaban J connectivity index is 0.985. The lowest BCUT2D eigenvalue weighted by molar-refractivity contribution is 1.07. The van der Waals surface area contributed by atoms with Crippen molar-refractivity contribution in [3.05, 3.63) is 206 Å². The molecule has 8 aromatic carbocycles. The van der Waals surface area contributed by atoms with Crippen molar-refractivity contribution in [2.75, 3.05) is 0 Å². The molecule has 0 spiro atoms. The monoisotopic (exact) mass is 714 g/mol. The lowest BCUT2D eigenvalue weighted by Gasteiger charge is -2.11. The summed E-state index contributed by atoms with van der Waals surface area (Å²) in [6.45, 7) is 0. The first-order valence-electron chi connectivity index (χ1n) is 18.8. The van der Waals surface area contributed by atoms with Crippen LogP contribution in [-0.4, -0.2) is 19.9 Å². The van der Waals surface area contributed by atoms with E-state index in [-0.39, 0.29) is 0 Å². The number of aromatic nitrogens is 4. The molecule has 0 saturated heterocycles. The minimum atomic E-state index is 0.629. The van der Waals surface area contributed by atoms with Crippen molar-refractivity contribution in [3.8, 4) is 78.7 Å². The van der Waals surface area contributed by atoms with Crippen molar-refractivity contribution >= 4 is 21.7 Å². The Bertz CT molecular complexity index is 3010. The van der Waals surface area contributed by atoms with E-state index in [2.05, 4.69) is 164 Å². The van der Waals surface area contributed by atoms with Gasteiger partial charge in [0.2, 0.25) is 0 Å². The maximum atomic E-state index is 5.05. The second-order valence-electron chi connectivity index (χ2n) is 13.9. The van der Waals surface area contributed by atoms with Crippen LogP contribution in [0.25, 0.3) is 100 Å². The summed E-state index contributed by atoms with van der Waals surface area (Å²) in [5, 5.41) is 3.54. The van der Waals surface area contributed by atoms with E-state index < -0.39 is 0 Å². The van der Waals surface area contributed by atoms with E-state index in [0.29, 0.717) is 17.5 Å². The minimum Gasteiger partial charge on any atom is -0.256 e. The molecule has 0 bridgehead atoms. The predicted octanol–water partition coefficient (Wildman–Crippen LogP) is 13.2. The zero-order valence-corrected chi connectivity index (χ0v) is 30.4. The molecular formula is C52H34N4. The highest BCUT2D eigenvalue weighted by molar-refractivity contribution is 6.06. The van der Waals surface area contributed by atoms with E-state index in [0.717, 1.165) is 66.5 Å². The molecule has 0 amide bonds. The Hall–Kier alpha value is -7.56. The third-order valence-corrected chi connectivity index (χ3v) is 10.4. The summed E-state index contributed by atoms with van der Waals surface area (Å²) in [7, 11) is 0. The fourth-order valence-corrected chi connectivity index (χ4v) is 7.43. The first-order chi connectivity index (χ1) is 27.7. The Morgan fingerprint density at radius 3 is 1.25 bits per heavy atom. The summed E-state index contributed by atoms with van der Waals surface area (Å²) in [5.74, 6) is 1.90. The molecule has 0 fully saturated rings. The van der Waals surface area contributed by atoms with Gasteiger partial charge in [-0.05, 0) is 74.2 Å². The van der Waals surface area contributed by atoms with Gasteiger partial charge in [-0.15, -0.1) is 0 Å². The molecule has 0 saturated carbocycles. The van der Waals surface area contributed by atoms with Crippen LogP contribution < -0.4 is 0 Å². The van der Waals surface area contributed by atoms with Crippen LogP contribution >= 0.6 is 0 Å². The van der Waals surface area contributed by atoms with E-state index in [1.165, 1.54) is 16.3 Å². The van der Waals surface area contributed by atoms with Crippen molar-refractivity contribution in [1.82, 2.24) is 19.9 Å². The first-order valence-corrected chi connectivity index (χ1v) is 18.8. The average molecular weight is 715 g/mol. The normalized spacial score (nSPS) is 11.2. The molecule has 262 valence electrons. The summed E-state index contributed by atoms with van der Waals surface area (Å²) in [6.07, 6.45) is 1.96. The van der Waals surface area contributed by atoms with Gasteiger partial charge in [0, 0.05) is 33.7 Å². The van der Waals surface area contributed by atoms with Crippen molar-refractivity contribution in [2.45, 2.75) is 0 Å². The summed E-state index contributed by atoms with van der Waals surface area (Å²) in [6, 6.07) is 69.9. The van der Waals surface area contributed by atoms with Crippen LogP contribution in [0.4, 0.5) is 0 Å². The van der Waals surface area contributed by atoms with E-state index >= 15 is 0 Å². The molecule has 4 nitrogen and oxygen atoms in total. The van der Waals surface area contributed by atoms with Gasteiger partial charge in [0.15, 0.2) is 17.5 Å². The predicted molar refractivity (Wildman–Crippen MR) is 231 cm³/mol. The van der Waals surface area contributed by atoms with Gasteiger partial charge in [-0.1, -0.05) is 176 Å². The lowest BCUT2D eigenvalue weighted by atomic mass is 9.95. The maximum absolute atomic E-state index is 5.05. The summed E-state index contributed by atoms with van der Waals surface area (Å²) in [4.78, 5) is 19.8. The number of benzene rings is 8. The highest BCUT2D eigenvalue weighted by Gasteiger charge is 2.14. The molecule has 0 radical (unpaired) electrons. The molecule has 0 N–H and O–H groups in total. The van der Waals surface area contributed by atoms with Crippen LogP contribution in [0.3, 0.4) is 0 Å². The van der Waals surface area contributed by atoms with Gasteiger partial charge in [0.05, 0.1) is 5.52 Å². The van der Waals surface area contributed by atoms with Gasteiger partial charge in [-0.25, -0.2) is 15.0 Å². The summed E-state index contributed by atoms with van der Waals surface area (Å²) < 4.78 is 0. The molecule has 10 aromatic rings. The molecule has 10 rings (SSSR count). The Labute approximate surface area is 325 Å². The smallest absolute Gasteiger partial charge is 0.164 e. The van der Waals surface area contributed by atoms with Gasteiger partial charge in [0.25, 0.3) is 0 Å². The average Bonchev–Trinajstić information content (AvgIpc) is 3.29. The Kier molecular flexibility index (Phi) is 8.47. The van der Waals surface area contributed by atoms with Crippen LogP contribution in [0.1, 0.15) is 0 Å². The zero-order chi connectivity index (χ0) is 37.3. The van der Waals surface area contributed by atoms with Crippen LogP contribution in [-0.2, 0) is 0 Å². The van der Waals surface area contributed by atoms with E-state index in [1.54, 1.807) is 0 Å². The summed E-state index contributed by atoms with van der Waals surface area (Å²) >= 11 is 0. The minimum absolute atomic E-state index is 0.629. The molecule has 0 aliphatic carbocycles. The van der Waals surface area contributed by atoms with Gasteiger partial charge < -0.3 is 0 Å². The number of hydrogen-bond donors (Lipinski definition) is 0. The van der Waals surface area contributed by atoms with Crippen LogP contribution in [0.5, 0.6) is 0 Å². The third-order valence-electron chi connectivity index (χ3n) is 10.4. The van der Waals surface area contributed by atoms with E-state index in [9.17, 15) is 0 Å². The third kappa shape index (κ3) is 6.50. The molecule has 0 aliphatic rings. The van der Waals surface area contributed by atoms with Crippen molar-refractivity contribution in [1.29, 1.82) is 0 Å². The van der Waals surface area contributed by atoms with Gasteiger partial charge in [0.1, 0.15) is 0 Å². The van der Waals surface area contributed by atoms with Crippen LogP contribution in [0, 0.1) is 0 Å². The second-order valence-corrected chi connectivity index (χ2v) is 13.9. The van der Waals surface area contributed by atoms with Crippen molar-refractivity contribution < 1.29 is 0 Å². The topological polar surface area (TPSA) is 51.6 Å². The van der Waals surface area contributed by atoms with E-state index in [1.807, 2.05) is 42.6 Å². The quantitative estimate of drug-likeness (QED) is 0.154. The number of pyridine rings is 1. The van der Waals surface area contributed by atoms with Crippen LogP contribution in [0.15, 0.2) is 206 Å². The highest BCUT2D eigenvalue weighted by Crippen LogP contribution is 2.34. The molecule has 56 heavy (non-hydrogen) atoms. The second kappa shape index (κ2) is 14.3. The zero-order valence-electron chi connectivity index (χ0n) is 30.4. The molecule has 2 aromatic heterocycles. The van der Waals surface area contributed by atoms with Crippen molar-refractivity contribution in [3.63, 3.8) is 0 Å². The molecule has 2 heterocycles. The summed E-state index contributed by atoms with van der Waals surface area (Å²) in [5.41, 5.74) is 12.9. The Morgan fingerprint density at radius 2 is 0.643 bits per heavy atom. The lowest BCUT2D eigenvalue weighted by Crippen LogP contribution is -2.00. The number of nitrogens with zero attached hydrogens (tertiary/aromatic N) is 4. The number of hydrogen-bond acceptors (Lipinski definition) is 4. The SMILES string of the molecule is c1ccc(-c2ccc(-c3nc(-c4ccccc4)nc(-c4cccc(-c5cccc(-c6cccc(-c7ccc8c(c7)ncc7ccccc78)c6)c5)c4)n3)cc2)cc1. The molecule has 0 aliphatic heterocycles. The fourth-order valence-electron chi connectivity index (χ4n) is 7.43. The molecule has 0 unspecified atom stereocenters. The van der Waals surface area contributed by atoms with Crippen molar-refractivity contribution in [2.24, 2.45) is 0 Å². The Morgan fingerprint density at radius 1 is 0.250 bits per heavy atom. The van der Waals surface area contributed by atoms with Crippen LogP contribution in [0.2, 0.25) is 0 Å². The van der Waals surface area contributed by atoms with E-state index in [4.69, 9.17) is 19.9 Å². The fraction of sp³-hybridized carbons (Fsp3) is 0. The van der Waals surface area contributed by atoms with Gasteiger partial charge in [-0.2, -0.15) is 0 Å². The highest BCUT2D eigenvalue weighted by atomic mass is 15.0. The number of rotatable bonds is 7. The van der Waals surface area contributed by atoms with Gasteiger partial charge >= 0.3 is 0 Å². The largest absolute Gasteiger partial charge is 0.256 e. The molecule has 4 heteroatoms. The van der Waals surface area contributed by atoms with Gasteiger partial charge in [-0.3, -0.25) is 4.98 Å². The first kappa shape index (κ1) is 33.0. The standard InChI is InChI=1S/C52H34N4/c1-3-12-35(13-4-1)36-24-26-38(27-25-36)51-54-50(37-14-5-2-6-15-37)55-52(56-51)45-22-11-21-43(32-45)41-19-9-17-39(30-41)40-18-10-20-42(31-40)44-28-29-48-47-23-8-7-16-46(47)34-53-49(48)33-44/h1-34H. The maximum Gasteiger partial charge on any atom is 0.164 e. The molecular weight excluding hydrogens is 681 g/mol.